The van der Waals surface area contributed by atoms with Crippen molar-refractivity contribution in [3.05, 3.63) is 46.8 Å². The Balaban J connectivity index is 1.38. The number of nitrogens with zero attached hydrogens (tertiary/aromatic N) is 4. The summed E-state index contributed by atoms with van der Waals surface area (Å²) < 4.78 is 5.37. The van der Waals surface area contributed by atoms with Crippen molar-refractivity contribution >= 4 is 11.6 Å². The second-order valence-electron chi connectivity index (χ2n) is 8.27. The molecule has 0 saturated carbocycles. The molecule has 1 aromatic heterocycles. The van der Waals surface area contributed by atoms with Crippen molar-refractivity contribution in [3.8, 4) is 0 Å². The molecular weight excluding hydrogens is 376 g/mol. The van der Waals surface area contributed by atoms with Crippen LogP contribution in [0.2, 0.25) is 0 Å². The van der Waals surface area contributed by atoms with Gasteiger partial charge in [0, 0.05) is 58.1 Å². The maximum atomic E-state index is 5.37. The number of anilines is 1. The average molecular weight is 413 g/mol. The molecule has 0 radical (unpaired) electrons. The lowest BCUT2D eigenvalue weighted by molar-refractivity contribution is 0.261. The molecule has 2 aromatic rings. The molecule has 1 fully saturated rings. The normalized spacial score (nSPS) is 15.7. The van der Waals surface area contributed by atoms with E-state index in [0.29, 0.717) is 12.5 Å². The highest BCUT2D eigenvalue weighted by atomic mass is 16.5. The molecule has 0 aliphatic carbocycles. The van der Waals surface area contributed by atoms with Gasteiger partial charge in [-0.3, -0.25) is 9.89 Å². The molecule has 2 heterocycles. The van der Waals surface area contributed by atoms with Gasteiger partial charge in [0.25, 0.3) is 0 Å². The largest absolute Gasteiger partial charge is 0.369 e. The Morgan fingerprint density at radius 1 is 1.17 bits per heavy atom. The molecule has 0 amide bonds. The van der Waals surface area contributed by atoms with E-state index < -0.39 is 0 Å². The molecule has 0 bridgehead atoms. The van der Waals surface area contributed by atoms with Crippen molar-refractivity contribution in [2.24, 2.45) is 4.99 Å². The van der Waals surface area contributed by atoms with Crippen molar-refractivity contribution in [2.45, 2.75) is 40.2 Å². The molecule has 30 heavy (non-hydrogen) atoms. The summed E-state index contributed by atoms with van der Waals surface area (Å²) in [6.07, 6.45) is 0. The Morgan fingerprint density at radius 3 is 2.60 bits per heavy atom. The highest BCUT2D eigenvalue weighted by Gasteiger charge is 2.18. The molecule has 0 spiro atoms. The first-order valence-electron chi connectivity index (χ1n) is 10.9. The molecule has 1 aliphatic heterocycles. The molecule has 2 N–H and O–H groups in total. The minimum Gasteiger partial charge on any atom is -0.369 e. The van der Waals surface area contributed by atoms with Gasteiger partial charge >= 0.3 is 0 Å². The van der Waals surface area contributed by atoms with Crippen molar-refractivity contribution in [1.82, 2.24) is 20.7 Å². The van der Waals surface area contributed by atoms with Gasteiger partial charge in [-0.15, -0.1) is 0 Å². The first-order chi connectivity index (χ1) is 14.5. The predicted molar refractivity (Wildman–Crippen MR) is 123 cm³/mol. The molecule has 3 rings (SSSR count). The topological polar surface area (TPSA) is 68.9 Å². The molecule has 0 atom stereocenters. The summed E-state index contributed by atoms with van der Waals surface area (Å²) >= 11 is 0. The van der Waals surface area contributed by atoms with E-state index in [-0.39, 0.29) is 0 Å². The van der Waals surface area contributed by atoms with Crippen LogP contribution in [0, 0.1) is 13.8 Å². The lowest BCUT2D eigenvalue weighted by Crippen LogP contribution is -2.49. The molecule has 164 valence electrons. The van der Waals surface area contributed by atoms with Crippen LogP contribution in [0.5, 0.6) is 0 Å². The van der Waals surface area contributed by atoms with Crippen molar-refractivity contribution < 1.29 is 4.52 Å². The second kappa shape index (κ2) is 10.5. The minimum absolute atomic E-state index is 0.371. The molecule has 7 heteroatoms. The van der Waals surface area contributed by atoms with E-state index in [0.717, 1.165) is 56.7 Å². The number of rotatable bonds is 7. The zero-order valence-electron chi connectivity index (χ0n) is 19.0. The summed E-state index contributed by atoms with van der Waals surface area (Å²) in [4.78, 5) is 9.32. The fraction of sp³-hybridized carbons (Fsp3) is 0.565. The van der Waals surface area contributed by atoms with Gasteiger partial charge in [0.2, 0.25) is 0 Å². The molecule has 7 nitrogen and oxygen atoms in total. The van der Waals surface area contributed by atoms with E-state index in [1.54, 1.807) is 7.05 Å². The van der Waals surface area contributed by atoms with E-state index in [1.807, 2.05) is 6.07 Å². The fourth-order valence-electron chi connectivity index (χ4n) is 3.70. The Labute approximate surface area is 180 Å². The monoisotopic (exact) mass is 412 g/mol. The number of aryl methyl sites for hydroxylation is 1. The standard InChI is InChI=1S/C23H36N6O/c1-17(2)21-15-20(30-27-21)16-26-23(24-5)25-9-10-28-11-13-29(14-12-28)22-8-6-7-18(3)19(22)4/h6-8,15,17H,9-14,16H2,1-5H3,(H2,24,25,26). The van der Waals surface area contributed by atoms with Crippen LogP contribution in [0.1, 0.15) is 42.3 Å². The average Bonchev–Trinajstić information content (AvgIpc) is 3.22. The maximum Gasteiger partial charge on any atom is 0.191 e. The molecule has 1 aliphatic rings. The Morgan fingerprint density at radius 2 is 1.93 bits per heavy atom. The van der Waals surface area contributed by atoms with Crippen LogP contribution >= 0.6 is 0 Å². The Bertz CT molecular complexity index is 836. The molecular formula is C23H36N6O. The van der Waals surface area contributed by atoms with Gasteiger partial charge in [-0.05, 0) is 37.0 Å². The maximum absolute atomic E-state index is 5.37. The van der Waals surface area contributed by atoms with Crippen LogP contribution in [0.25, 0.3) is 0 Å². The molecule has 1 saturated heterocycles. The lowest BCUT2D eigenvalue weighted by Gasteiger charge is -2.37. The summed E-state index contributed by atoms with van der Waals surface area (Å²) in [5, 5.41) is 10.8. The zero-order valence-corrected chi connectivity index (χ0v) is 19.0. The van der Waals surface area contributed by atoms with Crippen LogP contribution < -0.4 is 15.5 Å². The van der Waals surface area contributed by atoms with Gasteiger partial charge in [0.15, 0.2) is 11.7 Å². The first-order valence-corrected chi connectivity index (χ1v) is 10.9. The van der Waals surface area contributed by atoms with E-state index in [1.165, 1.54) is 16.8 Å². The van der Waals surface area contributed by atoms with E-state index in [2.05, 4.69) is 76.5 Å². The van der Waals surface area contributed by atoms with Gasteiger partial charge in [0.05, 0.1) is 12.2 Å². The number of guanidine groups is 1. The second-order valence-corrected chi connectivity index (χ2v) is 8.27. The van der Waals surface area contributed by atoms with Gasteiger partial charge in [-0.25, -0.2) is 0 Å². The first kappa shape index (κ1) is 22.2. The number of hydrogen-bond donors (Lipinski definition) is 2. The number of piperazine rings is 1. The van der Waals surface area contributed by atoms with Crippen molar-refractivity contribution in [1.29, 1.82) is 0 Å². The van der Waals surface area contributed by atoms with Crippen LogP contribution in [-0.4, -0.2) is 62.3 Å². The number of hydrogen-bond acceptors (Lipinski definition) is 5. The van der Waals surface area contributed by atoms with Crippen LogP contribution in [0.4, 0.5) is 5.69 Å². The summed E-state index contributed by atoms with van der Waals surface area (Å²) in [5.74, 6) is 1.98. The van der Waals surface area contributed by atoms with E-state index in [4.69, 9.17) is 4.52 Å². The number of aliphatic imine (C=N–C) groups is 1. The summed E-state index contributed by atoms with van der Waals surface area (Å²) in [6, 6.07) is 8.59. The predicted octanol–water partition coefficient (Wildman–Crippen LogP) is 2.90. The summed E-state index contributed by atoms with van der Waals surface area (Å²) in [7, 11) is 1.79. The fourth-order valence-corrected chi connectivity index (χ4v) is 3.70. The van der Waals surface area contributed by atoms with E-state index in [9.17, 15) is 0 Å². The minimum atomic E-state index is 0.371. The third kappa shape index (κ3) is 5.75. The molecule has 1 aromatic carbocycles. The van der Waals surface area contributed by atoms with Gasteiger partial charge in [-0.1, -0.05) is 31.1 Å². The quantitative estimate of drug-likeness (QED) is 0.538. The van der Waals surface area contributed by atoms with Crippen LogP contribution in [-0.2, 0) is 6.54 Å². The summed E-state index contributed by atoms with van der Waals surface area (Å²) in [5.41, 5.74) is 5.12. The van der Waals surface area contributed by atoms with E-state index >= 15 is 0 Å². The van der Waals surface area contributed by atoms with Crippen LogP contribution in [0.15, 0.2) is 33.8 Å². The molecule has 0 unspecified atom stereocenters. The van der Waals surface area contributed by atoms with Gasteiger partial charge in [0.1, 0.15) is 0 Å². The number of benzene rings is 1. The third-order valence-corrected chi connectivity index (χ3v) is 5.83. The van der Waals surface area contributed by atoms with Crippen molar-refractivity contribution in [3.63, 3.8) is 0 Å². The number of aromatic nitrogens is 1. The Kier molecular flexibility index (Phi) is 7.74. The zero-order chi connectivity index (χ0) is 21.5. The smallest absolute Gasteiger partial charge is 0.191 e. The van der Waals surface area contributed by atoms with Crippen LogP contribution in [0.3, 0.4) is 0 Å². The van der Waals surface area contributed by atoms with Crippen molar-refractivity contribution in [2.75, 3.05) is 51.2 Å². The highest BCUT2D eigenvalue weighted by Crippen LogP contribution is 2.23. The lowest BCUT2D eigenvalue weighted by atomic mass is 10.1. The SMILES string of the molecule is CN=C(NCCN1CCN(c2cccc(C)c2C)CC1)NCc1cc(C(C)C)no1. The van der Waals surface area contributed by atoms with Gasteiger partial charge < -0.3 is 20.1 Å². The Hall–Kier alpha value is -2.54. The highest BCUT2D eigenvalue weighted by molar-refractivity contribution is 5.79. The third-order valence-electron chi connectivity index (χ3n) is 5.83. The number of nitrogens with one attached hydrogen (secondary N) is 2. The van der Waals surface area contributed by atoms with Gasteiger partial charge in [-0.2, -0.15) is 0 Å². The summed E-state index contributed by atoms with van der Waals surface area (Å²) in [6.45, 7) is 15.4.